The quantitative estimate of drug-likeness (QED) is 0.562. The summed E-state index contributed by atoms with van der Waals surface area (Å²) in [4.78, 5) is 36.9. The number of carbonyl (C=O) groups excluding carboxylic acids is 2. The number of nitrogens with zero attached hydrogens (tertiary/aromatic N) is 4. The van der Waals surface area contributed by atoms with E-state index in [2.05, 4.69) is 26.8 Å². The molecular weight excluding hydrogens is 439 g/mol. The van der Waals surface area contributed by atoms with Gasteiger partial charge in [-0.2, -0.15) is 13.2 Å². The van der Waals surface area contributed by atoms with Crippen LogP contribution in [-0.4, -0.2) is 64.1 Å². The van der Waals surface area contributed by atoms with Gasteiger partial charge in [0.25, 0.3) is 5.91 Å². The molecule has 3 rings (SSSR count). The molecule has 164 valence electrons. The summed E-state index contributed by atoms with van der Waals surface area (Å²) in [7, 11) is 1.44. The molecule has 1 N–H and O–H groups in total. The van der Waals surface area contributed by atoms with Crippen LogP contribution in [0.25, 0.3) is 11.4 Å². The fourth-order valence-electron chi connectivity index (χ4n) is 3.02. The van der Waals surface area contributed by atoms with Gasteiger partial charge in [-0.25, -0.2) is 15.0 Å². The molecule has 1 aliphatic heterocycles. The SMILES string of the molecule is C=CC(=O)N1CC(C(F)(F)F)O[C@H](c2cc(Cl)nc(-c3cc(C(=O)NC)ncn3)c2)C1. The highest BCUT2D eigenvalue weighted by Gasteiger charge is 2.46. The van der Waals surface area contributed by atoms with Gasteiger partial charge in [-0.3, -0.25) is 9.59 Å². The topological polar surface area (TPSA) is 97.3 Å². The summed E-state index contributed by atoms with van der Waals surface area (Å²) in [6, 6.07) is 4.17. The van der Waals surface area contributed by atoms with E-state index in [1.165, 1.54) is 25.2 Å². The number of pyridine rings is 1. The molecule has 12 heteroatoms. The van der Waals surface area contributed by atoms with Crippen molar-refractivity contribution in [3.63, 3.8) is 0 Å². The second kappa shape index (κ2) is 8.98. The van der Waals surface area contributed by atoms with E-state index < -0.39 is 36.7 Å². The van der Waals surface area contributed by atoms with Crippen LogP contribution >= 0.6 is 11.6 Å². The maximum atomic E-state index is 13.4. The summed E-state index contributed by atoms with van der Waals surface area (Å²) in [6.45, 7) is 2.55. The highest BCUT2D eigenvalue weighted by Crippen LogP contribution is 2.35. The normalized spacial score (nSPS) is 19.1. The average molecular weight is 456 g/mol. The largest absolute Gasteiger partial charge is 0.416 e. The molecule has 2 aromatic rings. The lowest BCUT2D eigenvalue weighted by Gasteiger charge is -2.38. The number of alkyl halides is 3. The zero-order valence-electron chi connectivity index (χ0n) is 16.2. The van der Waals surface area contributed by atoms with E-state index >= 15 is 0 Å². The van der Waals surface area contributed by atoms with E-state index in [0.29, 0.717) is 0 Å². The minimum Gasteiger partial charge on any atom is -0.357 e. The van der Waals surface area contributed by atoms with Gasteiger partial charge in [0, 0.05) is 7.05 Å². The Balaban J connectivity index is 1.99. The second-order valence-electron chi connectivity index (χ2n) is 6.58. The van der Waals surface area contributed by atoms with E-state index in [4.69, 9.17) is 16.3 Å². The number of nitrogens with one attached hydrogen (secondary N) is 1. The van der Waals surface area contributed by atoms with Crippen LogP contribution in [0.3, 0.4) is 0 Å². The number of ether oxygens (including phenoxy) is 1. The van der Waals surface area contributed by atoms with Crippen molar-refractivity contribution in [2.75, 3.05) is 20.1 Å². The molecule has 0 aliphatic carbocycles. The molecule has 1 fully saturated rings. The molecule has 0 aromatic carbocycles. The first-order valence-corrected chi connectivity index (χ1v) is 9.35. The van der Waals surface area contributed by atoms with Gasteiger partial charge in [0.05, 0.1) is 24.5 Å². The summed E-state index contributed by atoms with van der Waals surface area (Å²) < 4.78 is 45.3. The number of amides is 2. The summed E-state index contributed by atoms with van der Waals surface area (Å²) in [6.07, 6.45) is -5.87. The summed E-state index contributed by atoms with van der Waals surface area (Å²) >= 11 is 6.09. The molecule has 3 heterocycles. The Morgan fingerprint density at radius 3 is 2.65 bits per heavy atom. The molecule has 0 bridgehead atoms. The van der Waals surface area contributed by atoms with Crippen molar-refractivity contribution in [2.45, 2.75) is 18.4 Å². The monoisotopic (exact) mass is 455 g/mol. The van der Waals surface area contributed by atoms with Crippen molar-refractivity contribution in [1.82, 2.24) is 25.2 Å². The Hall–Kier alpha value is -3.05. The minimum atomic E-state index is -4.67. The van der Waals surface area contributed by atoms with Gasteiger partial charge >= 0.3 is 6.18 Å². The van der Waals surface area contributed by atoms with Crippen LogP contribution in [0.1, 0.15) is 22.2 Å². The van der Waals surface area contributed by atoms with Crippen LogP contribution < -0.4 is 5.32 Å². The summed E-state index contributed by atoms with van der Waals surface area (Å²) in [5.74, 6) is -1.10. The van der Waals surface area contributed by atoms with Gasteiger partial charge in [0.15, 0.2) is 6.10 Å². The average Bonchev–Trinajstić information content (AvgIpc) is 2.76. The lowest BCUT2D eigenvalue weighted by Crippen LogP contribution is -2.51. The molecule has 0 saturated carbocycles. The first kappa shape index (κ1) is 22.6. The lowest BCUT2D eigenvalue weighted by molar-refractivity contribution is -0.253. The zero-order chi connectivity index (χ0) is 22.8. The standard InChI is InChI=1S/C19H17ClF3N5O3/c1-3-17(29)28-7-14(31-15(8-28)19(21,22)23)10-4-12(27-16(20)5-10)11-6-13(18(30)24-2)26-9-25-11/h3-6,9,14-15H,1,7-8H2,2H3,(H,24,30)/t14-,15?/m0/s1. The third-order valence-electron chi connectivity index (χ3n) is 4.53. The number of hydrogen-bond donors (Lipinski definition) is 1. The van der Waals surface area contributed by atoms with E-state index in [1.54, 1.807) is 0 Å². The molecule has 2 amide bonds. The van der Waals surface area contributed by atoms with Gasteiger partial charge in [0.1, 0.15) is 23.3 Å². The van der Waals surface area contributed by atoms with E-state index in [9.17, 15) is 22.8 Å². The number of rotatable bonds is 4. The molecule has 1 saturated heterocycles. The highest BCUT2D eigenvalue weighted by molar-refractivity contribution is 6.29. The van der Waals surface area contributed by atoms with Gasteiger partial charge in [0.2, 0.25) is 5.91 Å². The fraction of sp³-hybridized carbons (Fsp3) is 0.316. The Bertz CT molecular complexity index is 1020. The molecule has 0 radical (unpaired) electrons. The smallest absolute Gasteiger partial charge is 0.357 e. The Labute approximate surface area is 180 Å². The first-order chi connectivity index (χ1) is 14.6. The van der Waals surface area contributed by atoms with E-state index in [0.717, 1.165) is 17.3 Å². The fourth-order valence-corrected chi connectivity index (χ4v) is 3.23. The molecule has 2 atom stereocenters. The lowest BCUT2D eigenvalue weighted by atomic mass is 10.0. The summed E-state index contributed by atoms with van der Waals surface area (Å²) in [5.41, 5.74) is 0.782. The van der Waals surface area contributed by atoms with Crippen molar-refractivity contribution in [3.8, 4) is 11.4 Å². The van der Waals surface area contributed by atoms with Crippen LogP contribution in [0.15, 0.2) is 37.2 Å². The van der Waals surface area contributed by atoms with Crippen molar-refractivity contribution in [2.24, 2.45) is 0 Å². The van der Waals surface area contributed by atoms with Crippen molar-refractivity contribution >= 4 is 23.4 Å². The Morgan fingerprint density at radius 1 is 1.26 bits per heavy atom. The molecule has 8 nitrogen and oxygen atoms in total. The second-order valence-corrected chi connectivity index (χ2v) is 6.97. The Morgan fingerprint density at radius 2 is 2.00 bits per heavy atom. The number of halogens is 4. The van der Waals surface area contributed by atoms with Crippen molar-refractivity contribution in [1.29, 1.82) is 0 Å². The van der Waals surface area contributed by atoms with E-state index in [-0.39, 0.29) is 34.3 Å². The molecule has 1 unspecified atom stereocenters. The first-order valence-electron chi connectivity index (χ1n) is 8.98. The molecular formula is C19H17ClF3N5O3. The predicted molar refractivity (Wildman–Crippen MR) is 104 cm³/mol. The van der Waals surface area contributed by atoms with Crippen LogP contribution in [0.4, 0.5) is 13.2 Å². The van der Waals surface area contributed by atoms with Crippen LogP contribution in [0, 0.1) is 0 Å². The minimum absolute atomic E-state index is 0.0214. The number of carbonyl (C=O) groups is 2. The Kier molecular flexibility index (Phi) is 6.56. The number of hydrogen-bond acceptors (Lipinski definition) is 6. The van der Waals surface area contributed by atoms with Crippen LogP contribution in [0.5, 0.6) is 0 Å². The van der Waals surface area contributed by atoms with E-state index in [1.807, 2.05) is 0 Å². The third-order valence-corrected chi connectivity index (χ3v) is 4.72. The molecule has 31 heavy (non-hydrogen) atoms. The van der Waals surface area contributed by atoms with Crippen molar-refractivity contribution in [3.05, 3.63) is 53.6 Å². The molecule has 2 aromatic heterocycles. The third kappa shape index (κ3) is 5.17. The predicted octanol–water partition coefficient (Wildman–Crippen LogP) is 2.57. The van der Waals surface area contributed by atoms with Gasteiger partial charge in [-0.05, 0) is 29.8 Å². The van der Waals surface area contributed by atoms with Gasteiger partial charge in [-0.15, -0.1) is 0 Å². The zero-order valence-corrected chi connectivity index (χ0v) is 16.9. The maximum absolute atomic E-state index is 13.4. The van der Waals surface area contributed by atoms with Crippen LogP contribution in [0.2, 0.25) is 5.15 Å². The highest BCUT2D eigenvalue weighted by atomic mass is 35.5. The number of morpholine rings is 1. The molecule has 0 spiro atoms. The summed E-state index contributed by atoms with van der Waals surface area (Å²) in [5, 5.41) is 2.41. The molecule has 1 aliphatic rings. The van der Waals surface area contributed by atoms with Gasteiger partial charge < -0.3 is 15.0 Å². The maximum Gasteiger partial charge on any atom is 0.416 e. The van der Waals surface area contributed by atoms with Crippen LogP contribution in [-0.2, 0) is 9.53 Å². The van der Waals surface area contributed by atoms with Crippen molar-refractivity contribution < 1.29 is 27.5 Å². The van der Waals surface area contributed by atoms with Gasteiger partial charge in [-0.1, -0.05) is 18.2 Å². The number of aromatic nitrogens is 3.